The van der Waals surface area contributed by atoms with E-state index in [4.69, 9.17) is 0 Å². The highest BCUT2D eigenvalue weighted by Crippen LogP contribution is 2.18. The van der Waals surface area contributed by atoms with Gasteiger partial charge in [-0.25, -0.2) is 0 Å². The number of nitrogens with one attached hydrogen (secondary N) is 1. The van der Waals surface area contributed by atoms with Crippen LogP contribution >= 0.6 is 0 Å². The molecule has 2 aromatic carbocycles. The van der Waals surface area contributed by atoms with Crippen molar-refractivity contribution >= 4 is 0 Å². The Morgan fingerprint density at radius 3 is 2.18 bits per heavy atom. The maximum atomic E-state index is 3.38. The Kier molecular flexibility index (Phi) is 3.94. The molecule has 2 aromatic rings. The van der Waals surface area contributed by atoms with Crippen molar-refractivity contribution in [2.24, 2.45) is 0 Å². The number of likely N-dealkylation sites (N-methyl/N-ethyl adjacent to an activating group) is 1. The van der Waals surface area contributed by atoms with Crippen LogP contribution in [-0.2, 0) is 6.42 Å². The lowest BCUT2D eigenvalue weighted by Gasteiger charge is -2.16. The molecule has 0 aliphatic rings. The van der Waals surface area contributed by atoms with Gasteiger partial charge in [0.2, 0.25) is 0 Å². The first-order valence-electron chi connectivity index (χ1n) is 6.07. The summed E-state index contributed by atoms with van der Waals surface area (Å²) in [5.74, 6) is 0. The summed E-state index contributed by atoms with van der Waals surface area (Å²) in [6.45, 7) is 2.12. The first kappa shape index (κ1) is 11.9. The number of rotatable bonds is 4. The quantitative estimate of drug-likeness (QED) is 0.839. The zero-order valence-corrected chi connectivity index (χ0v) is 10.5. The third-order valence-corrected chi connectivity index (χ3v) is 3.11. The molecule has 0 spiro atoms. The minimum atomic E-state index is 0.388. The van der Waals surface area contributed by atoms with Crippen molar-refractivity contribution in [3.05, 3.63) is 71.3 Å². The van der Waals surface area contributed by atoms with E-state index in [2.05, 4.69) is 66.8 Å². The summed E-state index contributed by atoms with van der Waals surface area (Å²) < 4.78 is 0. The molecule has 0 unspecified atom stereocenters. The topological polar surface area (TPSA) is 12.0 Å². The van der Waals surface area contributed by atoms with Crippen LogP contribution in [0.25, 0.3) is 0 Å². The minimum Gasteiger partial charge on any atom is -0.313 e. The second-order valence-corrected chi connectivity index (χ2v) is 4.44. The van der Waals surface area contributed by atoms with E-state index in [1.807, 2.05) is 7.05 Å². The van der Waals surface area contributed by atoms with Gasteiger partial charge in [0.15, 0.2) is 0 Å². The smallest absolute Gasteiger partial charge is 0.0358 e. The first-order chi connectivity index (χ1) is 8.29. The summed E-state index contributed by atoms with van der Waals surface area (Å²) in [7, 11) is 2.02. The monoisotopic (exact) mass is 225 g/mol. The maximum Gasteiger partial charge on any atom is 0.0358 e. The van der Waals surface area contributed by atoms with Crippen molar-refractivity contribution in [3.63, 3.8) is 0 Å². The van der Waals surface area contributed by atoms with Crippen LogP contribution in [0.3, 0.4) is 0 Å². The van der Waals surface area contributed by atoms with Gasteiger partial charge in [0.1, 0.15) is 0 Å². The molecular formula is C16H19N. The summed E-state index contributed by atoms with van der Waals surface area (Å²) in [5.41, 5.74) is 4.03. The van der Waals surface area contributed by atoms with Crippen molar-refractivity contribution in [3.8, 4) is 0 Å². The van der Waals surface area contributed by atoms with Crippen LogP contribution in [0.5, 0.6) is 0 Å². The molecule has 2 rings (SSSR count). The van der Waals surface area contributed by atoms with E-state index < -0.39 is 0 Å². The van der Waals surface area contributed by atoms with E-state index in [9.17, 15) is 0 Å². The summed E-state index contributed by atoms with van der Waals surface area (Å²) in [5, 5.41) is 3.38. The zero-order valence-electron chi connectivity index (χ0n) is 10.5. The molecule has 0 aliphatic heterocycles. The van der Waals surface area contributed by atoms with Gasteiger partial charge in [-0.05, 0) is 31.5 Å². The van der Waals surface area contributed by atoms with Crippen LogP contribution in [0, 0.1) is 6.92 Å². The molecule has 17 heavy (non-hydrogen) atoms. The fraction of sp³-hybridized carbons (Fsp3) is 0.250. The minimum absolute atomic E-state index is 0.388. The molecular weight excluding hydrogens is 206 g/mol. The average Bonchev–Trinajstić information content (AvgIpc) is 2.39. The predicted molar refractivity (Wildman–Crippen MR) is 73.1 cm³/mol. The number of hydrogen-bond acceptors (Lipinski definition) is 1. The van der Waals surface area contributed by atoms with Gasteiger partial charge in [0, 0.05) is 6.04 Å². The highest BCUT2D eigenvalue weighted by molar-refractivity contribution is 5.25. The van der Waals surface area contributed by atoms with Crippen LogP contribution in [0.4, 0.5) is 0 Å². The predicted octanol–water partition coefficient (Wildman–Crippen LogP) is 3.50. The second kappa shape index (κ2) is 5.65. The molecule has 0 heterocycles. The molecule has 0 fully saturated rings. The molecule has 0 aliphatic carbocycles. The molecule has 0 bridgehead atoms. The van der Waals surface area contributed by atoms with Gasteiger partial charge in [-0.1, -0.05) is 60.2 Å². The third-order valence-electron chi connectivity index (χ3n) is 3.11. The molecule has 1 nitrogen and oxygen atoms in total. The van der Waals surface area contributed by atoms with Gasteiger partial charge >= 0.3 is 0 Å². The van der Waals surface area contributed by atoms with Crippen molar-refractivity contribution in [1.29, 1.82) is 0 Å². The summed E-state index contributed by atoms with van der Waals surface area (Å²) in [6.07, 6.45) is 1.03. The largest absolute Gasteiger partial charge is 0.313 e. The van der Waals surface area contributed by atoms with Crippen molar-refractivity contribution in [1.82, 2.24) is 5.32 Å². The van der Waals surface area contributed by atoms with E-state index in [0.29, 0.717) is 6.04 Å². The Balaban J connectivity index is 2.13. The van der Waals surface area contributed by atoms with Crippen molar-refractivity contribution in [2.75, 3.05) is 7.05 Å². The molecule has 0 saturated carbocycles. The molecule has 0 saturated heterocycles. The van der Waals surface area contributed by atoms with E-state index in [1.54, 1.807) is 0 Å². The molecule has 0 radical (unpaired) electrons. The molecule has 88 valence electrons. The molecule has 1 N–H and O–H groups in total. The lowest BCUT2D eigenvalue weighted by atomic mass is 9.98. The summed E-state index contributed by atoms with van der Waals surface area (Å²) >= 11 is 0. The van der Waals surface area contributed by atoms with Gasteiger partial charge in [-0.2, -0.15) is 0 Å². The fourth-order valence-corrected chi connectivity index (χ4v) is 2.03. The number of benzene rings is 2. The highest BCUT2D eigenvalue weighted by atomic mass is 14.9. The Bertz CT molecular complexity index is 445. The fourth-order valence-electron chi connectivity index (χ4n) is 2.03. The average molecular weight is 225 g/mol. The van der Waals surface area contributed by atoms with Crippen LogP contribution in [0.15, 0.2) is 54.6 Å². The highest BCUT2D eigenvalue weighted by Gasteiger charge is 2.08. The SMILES string of the molecule is CN[C@@H](Cc1ccc(C)cc1)c1ccccc1. The molecule has 1 atom stereocenters. The number of aryl methyl sites for hydroxylation is 1. The summed E-state index contributed by atoms with van der Waals surface area (Å²) in [6, 6.07) is 19.8. The van der Waals surface area contributed by atoms with Gasteiger partial charge in [-0.3, -0.25) is 0 Å². The Hall–Kier alpha value is -1.60. The summed E-state index contributed by atoms with van der Waals surface area (Å²) in [4.78, 5) is 0. The maximum absolute atomic E-state index is 3.38. The van der Waals surface area contributed by atoms with E-state index in [1.165, 1.54) is 16.7 Å². The van der Waals surface area contributed by atoms with Gasteiger partial charge in [0.05, 0.1) is 0 Å². The first-order valence-corrected chi connectivity index (χ1v) is 6.07. The lowest BCUT2D eigenvalue weighted by molar-refractivity contribution is 0.592. The van der Waals surface area contributed by atoms with Gasteiger partial charge < -0.3 is 5.32 Å². The molecule has 0 amide bonds. The Morgan fingerprint density at radius 2 is 1.59 bits per heavy atom. The van der Waals surface area contributed by atoms with Crippen molar-refractivity contribution in [2.45, 2.75) is 19.4 Å². The molecule has 1 heteroatoms. The van der Waals surface area contributed by atoms with Crippen molar-refractivity contribution < 1.29 is 0 Å². The van der Waals surface area contributed by atoms with E-state index in [0.717, 1.165) is 6.42 Å². The van der Waals surface area contributed by atoms with Gasteiger partial charge in [-0.15, -0.1) is 0 Å². The Labute approximate surface area is 103 Å². The van der Waals surface area contributed by atoms with Crippen LogP contribution < -0.4 is 5.32 Å². The Morgan fingerprint density at radius 1 is 0.941 bits per heavy atom. The third kappa shape index (κ3) is 3.18. The molecule has 0 aromatic heterocycles. The van der Waals surface area contributed by atoms with Crippen LogP contribution in [-0.4, -0.2) is 7.05 Å². The standard InChI is InChI=1S/C16H19N/c1-13-8-10-14(11-9-13)12-16(17-2)15-6-4-3-5-7-15/h3-11,16-17H,12H2,1-2H3/t16-/m0/s1. The zero-order chi connectivity index (χ0) is 12.1. The van der Waals surface area contributed by atoms with E-state index >= 15 is 0 Å². The van der Waals surface area contributed by atoms with E-state index in [-0.39, 0.29) is 0 Å². The van der Waals surface area contributed by atoms with Gasteiger partial charge in [0.25, 0.3) is 0 Å². The van der Waals surface area contributed by atoms with Crippen LogP contribution in [0.2, 0.25) is 0 Å². The second-order valence-electron chi connectivity index (χ2n) is 4.44. The lowest BCUT2D eigenvalue weighted by Crippen LogP contribution is -2.18. The number of hydrogen-bond donors (Lipinski definition) is 1. The normalized spacial score (nSPS) is 12.4. The van der Waals surface area contributed by atoms with Crippen LogP contribution in [0.1, 0.15) is 22.7 Å².